The molecule has 4 aromatic carbocycles. The van der Waals surface area contributed by atoms with Gasteiger partial charge in [-0.15, -0.1) is 0 Å². The van der Waals surface area contributed by atoms with Crippen molar-refractivity contribution >= 4 is 38.3 Å². The van der Waals surface area contributed by atoms with Gasteiger partial charge in [0.2, 0.25) is 11.8 Å². The van der Waals surface area contributed by atoms with E-state index in [9.17, 15) is 18.0 Å². The third-order valence-electron chi connectivity index (χ3n) is 7.68. The lowest BCUT2D eigenvalue weighted by Crippen LogP contribution is -2.54. The van der Waals surface area contributed by atoms with Crippen LogP contribution in [-0.2, 0) is 32.6 Å². The Morgan fingerprint density at radius 3 is 2.21 bits per heavy atom. The van der Waals surface area contributed by atoms with Crippen LogP contribution >= 0.6 is 0 Å². The van der Waals surface area contributed by atoms with Crippen LogP contribution < -0.4 is 9.62 Å². The van der Waals surface area contributed by atoms with Gasteiger partial charge in [0.25, 0.3) is 10.0 Å². The maximum absolute atomic E-state index is 14.0. The number of hydrogen-bond donors (Lipinski definition) is 1. The molecule has 0 spiro atoms. The number of nitrogens with zero attached hydrogens (tertiary/aromatic N) is 2. The molecule has 1 aliphatic rings. The number of aryl methyl sites for hydroxylation is 1. The summed E-state index contributed by atoms with van der Waals surface area (Å²) in [6, 6.07) is 27.8. The van der Waals surface area contributed by atoms with Crippen molar-refractivity contribution in [2.24, 2.45) is 0 Å². The van der Waals surface area contributed by atoms with Crippen LogP contribution in [-0.4, -0.2) is 43.3 Å². The number of carbonyl (C=O) groups excluding carboxylic acids is 2. The lowest BCUT2D eigenvalue weighted by atomic mass is 10.00. The zero-order chi connectivity index (χ0) is 30.8. The number of hydrogen-bond acceptors (Lipinski definition) is 4. The van der Waals surface area contributed by atoms with Crippen molar-refractivity contribution in [3.8, 4) is 0 Å². The Labute approximate surface area is 254 Å². The van der Waals surface area contributed by atoms with Crippen LogP contribution in [0.15, 0.2) is 95.9 Å². The molecule has 7 nitrogen and oxygen atoms in total. The highest BCUT2D eigenvalue weighted by atomic mass is 32.2. The topological polar surface area (TPSA) is 86.8 Å². The second-order valence-electron chi connectivity index (χ2n) is 12.3. The average molecular weight is 598 g/mol. The number of rotatable bonds is 10. The van der Waals surface area contributed by atoms with Crippen LogP contribution in [0, 0.1) is 6.92 Å². The van der Waals surface area contributed by atoms with Crippen LogP contribution in [0.3, 0.4) is 0 Å². The van der Waals surface area contributed by atoms with Crippen molar-refractivity contribution in [3.63, 3.8) is 0 Å². The molecule has 1 N–H and O–H groups in total. The second-order valence-corrected chi connectivity index (χ2v) is 14.1. The second kappa shape index (κ2) is 12.2. The molecule has 0 aliphatic carbocycles. The minimum Gasteiger partial charge on any atom is -0.350 e. The van der Waals surface area contributed by atoms with Crippen molar-refractivity contribution in [2.75, 3.05) is 10.8 Å². The lowest BCUT2D eigenvalue weighted by molar-refractivity contribution is -0.142. The van der Waals surface area contributed by atoms with E-state index in [-0.39, 0.29) is 31.3 Å². The van der Waals surface area contributed by atoms with Crippen molar-refractivity contribution in [2.45, 2.75) is 70.0 Å². The van der Waals surface area contributed by atoms with Crippen LogP contribution in [0.4, 0.5) is 5.69 Å². The molecule has 8 heteroatoms. The molecule has 1 aliphatic heterocycles. The third-order valence-corrected chi connectivity index (χ3v) is 9.53. The highest BCUT2D eigenvalue weighted by Crippen LogP contribution is 2.42. The van der Waals surface area contributed by atoms with E-state index in [0.717, 1.165) is 27.5 Å². The zero-order valence-corrected chi connectivity index (χ0v) is 26.0. The van der Waals surface area contributed by atoms with Crippen molar-refractivity contribution in [3.05, 3.63) is 108 Å². The summed E-state index contributed by atoms with van der Waals surface area (Å²) < 4.78 is 28.3. The van der Waals surface area contributed by atoms with Gasteiger partial charge in [-0.2, -0.15) is 0 Å². The number of carbonyl (C=O) groups is 2. The number of anilines is 1. The molecule has 43 heavy (non-hydrogen) atoms. The SMILES string of the molecule is Cc1ccc(CN(C(=O)CCCN2c3cccc4cccc(c34)S2(=O)=O)[C@H](Cc2ccccc2)C(=O)NC(C)(C)C)cc1. The minimum absolute atomic E-state index is 0.0955. The van der Waals surface area contributed by atoms with Crippen LogP contribution in [0.25, 0.3) is 10.8 Å². The first-order valence-corrected chi connectivity index (χ1v) is 16.1. The molecule has 1 heterocycles. The Balaban J connectivity index is 1.40. The predicted molar refractivity (Wildman–Crippen MR) is 171 cm³/mol. The molecule has 0 saturated heterocycles. The smallest absolute Gasteiger partial charge is 0.265 e. The fourth-order valence-corrected chi connectivity index (χ4v) is 7.36. The molecule has 4 aromatic rings. The fourth-order valence-electron chi connectivity index (χ4n) is 5.61. The molecule has 224 valence electrons. The van der Waals surface area contributed by atoms with Crippen molar-refractivity contribution < 1.29 is 18.0 Å². The summed E-state index contributed by atoms with van der Waals surface area (Å²) in [6.45, 7) is 8.20. The van der Waals surface area contributed by atoms with Gasteiger partial charge in [0.15, 0.2) is 0 Å². The summed E-state index contributed by atoms with van der Waals surface area (Å²) in [7, 11) is -3.72. The monoisotopic (exact) mass is 597 g/mol. The molecule has 0 radical (unpaired) electrons. The predicted octanol–water partition coefficient (Wildman–Crippen LogP) is 5.99. The normalized spacial score (nSPS) is 14.5. The van der Waals surface area contributed by atoms with E-state index < -0.39 is 21.6 Å². The Morgan fingerprint density at radius 1 is 0.860 bits per heavy atom. The van der Waals surface area contributed by atoms with Gasteiger partial charge in [0, 0.05) is 36.9 Å². The molecule has 5 rings (SSSR count). The van der Waals surface area contributed by atoms with Gasteiger partial charge in [0.1, 0.15) is 6.04 Å². The Kier molecular flexibility index (Phi) is 8.60. The summed E-state index contributed by atoms with van der Waals surface area (Å²) in [5.74, 6) is -0.418. The molecule has 0 unspecified atom stereocenters. The maximum atomic E-state index is 14.0. The average Bonchev–Trinajstić information content (AvgIpc) is 3.18. The maximum Gasteiger partial charge on any atom is 0.265 e. The standard InChI is InChI=1S/C35H39N3O4S/c1-25-18-20-27(21-19-25)24-37(30(34(40)36-35(2,3)4)23-26-11-6-5-7-12-26)32(39)17-10-22-38-29-15-8-13-28-14-9-16-31(33(28)29)43(38,41)42/h5-9,11-16,18-21,30H,10,17,22-24H2,1-4H3,(H,36,40)/t30-/m1/s1. The van der Waals surface area contributed by atoms with Gasteiger partial charge in [-0.1, -0.05) is 84.4 Å². The Bertz CT molecular complexity index is 1720. The van der Waals surface area contributed by atoms with Gasteiger partial charge in [-0.05, 0) is 62.8 Å². The third kappa shape index (κ3) is 6.75. The Morgan fingerprint density at radius 2 is 1.53 bits per heavy atom. The highest BCUT2D eigenvalue weighted by Gasteiger charge is 2.36. The zero-order valence-electron chi connectivity index (χ0n) is 25.2. The van der Waals surface area contributed by atoms with E-state index in [1.165, 1.54) is 4.31 Å². The van der Waals surface area contributed by atoms with E-state index in [1.54, 1.807) is 17.0 Å². The Hall–Kier alpha value is -4.17. The number of benzene rings is 4. The van der Waals surface area contributed by atoms with Crippen LogP contribution in [0.1, 0.15) is 50.3 Å². The number of nitrogens with one attached hydrogen (secondary N) is 1. The molecule has 1 atom stereocenters. The lowest BCUT2D eigenvalue weighted by Gasteiger charge is -2.34. The van der Waals surface area contributed by atoms with Crippen LogP contribution in [0.2, 0.25) is 0 Å². The highest BCUT2D eigenvalue weighted by molar-refractivity contribution is 7.93. The van der Waals surface area contributed by atoms with E-state index in [1.807, 2.05) is 107 Å². The van der Waals surface area contributed by atoms with Crippen LogP contribution in [0.5, 0.6) is 0 Å². The molecule has 2 amide bonds. The molecule has 0 aromatic heterocycles. The van der Waals surface area contributed by atoms with Gasteiger partial charge in [-0.3, -0.25) is 13.9 Å². The number of amides is 2. The van der Waals surface area contributed by atoms with Gasteiger partial charge in [0.05, 0.1) is 10.6 Å². The fraction of sp³-hybridized carbons (Fsp3) is 0.314. The number of sulfonamides is 1. The first-order chi connectivity index (χ1) is 20.4. The quantitative estimate of drug-likeness (QED) is 0.243. The molecular weight excluding hydrogens is 558 g/mol. The first-order valence-electron chi connectivity index (χ1n) is 14.7. The van der Waals surface area contributed by atoms with Crippen molar-refractivity contribution in [1.29, 1.82) is 0 Å². The van der Waals surface area contributed by atoms with Gasteiger partial charge < -0.3 is 10.2 Å². The van der Waals surface area contributed by atoms with E-state index in [4.69, 9.17) is 0 Å². The molecule has 0 fully saturated rings. The molecule has 0 saturated carbocycles. The summed E-state index contributed by atoms with van der Waals surface area (Å²) >= 11 is 0. The van der Waals surface area contributed by atoms with E-state index in [0.29, 0.717) is 23.4 Å². The molecule has 0 bridgehead atoms. The molecular formula is C35H39N3O4S. The van der Waals surface area contributed by atoms with E-state index in [2.05, 4.69) is 5.32 Å². The summed E-state index contributed by atoms with van der Waals surface area (Å²) in [4.78, 5) is 29.8. The summed E-state index contributed by atoms with van der Waals surface area (Å²) in [5.41, 5.74) is 3.14. The summed E-state index contributed by atoms with van der Waals surface area (Å²) in [6.07, 6.45) is 0.766. The van der Waals surface area contributed by atoms with E-state index >= 15 is 0 Å². The largest absolute Gasteiger partial charge is 0.350 e. The minimum atomic E-state index is -3.72. The first kappa shape index (κ1) is 30.3. The van der Waals surface area contributed by atoms with Gasteiger partial charge in [-0.25, -0.2) is 8.42 Å². The summed E-state index contributed by atoms with van der Waals surface area (Å²) in [5, 5.41) is 4.67. The van der Waals surface area contributed by atoms with Gasteiger partial charge >= 0.3 is 0 Å². The van der Waals surface area contributed by atoms with Crippen molar-refractivity contribution in [1.82, 2.24) is 10.2 Å².